The molecule has 33 heavy (non-hydrogen) atoms. The van der Waals surface area contributed by atoms with Gasteiger partial charge in [0, 0.05) is 23.3 Å². The molecule has 0 saturated heterocycles. The van der Waals surface area contributed by atoms with Crippen molar-refractivity contribution in [3.8, 4) is 22.6 Å². The molecule has 0 fully saturated rings. The topological polar surface area (TPSA) is 80.9 Å². The predicted octanol–water partition coefficient (Wildman–Crippen LogP) is 7.22. The Kier molecular flexibility index (Phi) is 13.5. The Morgan fingerprint density at radius 1 is 0.576 bits per heavy atom. The molecule has 0 unspecified atom stereocenters. The van der Waals surface area contributed by atoms with Crippen LogP contribution in [-0.4, -0.2) is 32.6 Å². The average molecular weight is 525 g/mol. The Labute approximate surface area is 212 Å². The summed E-state index contributed by atoms with van der Waals surface area (Å²) in [4.78, 5) is 0. The summed E-state index contributed by atoms with van der Waals surface area (Å²) in [6, 6.07) is 22.9. The number of fused-ring (bicyclic) bond motifs is 2. The molecule has 0 aliphatic rings. The van der Waals surface area contributed by atoms with E-state index in [-0.39, 0.29) is 23.7 Å². The Morgan fingerprint density at radius 3 is 1.15 bits per heavy atom. The Morgan fingerprint density at radius 2 is 0.848 bits per heavy atom. The van der Waals surface area contributed by atoms with Crippen LogP contribution in [0.1, 0.15) is 27.7 Å². The number of phenolic OH excluding ortho intramolecular Hbond substituents is 2. The number of hydrogen-bond donors (Lipinski definition) is 4. The molecule has 0 aliphatic carbocycles. The first-order valence-corrected chi connectivity index (χ1v) is 14.7. The van der Waals surface area contributed by atoms with E-state index in [4.69, 9.17) is 28.8 Å². The maximum absolute atomic E-state index is 10.4. The van der Waals surface area contributed by atoms with Crippen molar-refractivity contribution in [3.63, 3.8) is 0 Å². The summed E-state index contributed by atoms with van der Waals surface area (Å²) in [6.45, 7) is 6.89. The molecule has 4 rings (SSSR count). The van der Waals surface area contributed by atoms with Gasteiger partial charge in [-0.15, -0.1) is 0 Å². The van der Waals surface area contributed by atoms with Crippen molar-refractivity contribution in [2.45, 2.75) is 39.9 Å². The molecule has 0 atom stereocenters. The van der Waals surface area contributed by atoms with E-state index in [9.17, 15) is 10.2 Å². The monoisotopic (exact) mass is 524 g/mol. The molecule has 0 heterocycles. The van der Waals surface area contributed by atoms with Crippen molar-refractivity contribution in [1.82, 2.24) is 0 Å². The average Bonchev–Trinajstić information content (AvgIpc) is 2.74. The van der Waals surface area contributed by atoms with Crippen molar-refractivity contribution in [1.29, 1.82) is 0 Å². The molecule has 4 aromatic carbocycles. The van der Waals surface area contributed by atoms with Gasteiger partial charge in [-0.2, -0.15) is 0 Å². The maximum atomic E-state index is 10.4. The first-order valence-electron chi connectivity index (χ1n) is 10.4. The molecule has 4 aromatic rings. The fraction of sp³-hybridized carbons (Fsp3) is 0.231. The van der Waals surface area contributed by atoms with Gasteiger partial charge in [-0.25, -0.2) is 0 Å². The van der Waals surface area contributed by atoms with Crippen LogP contribution < -0.4 is 0 Å². The van der Waals surface area contributed by atoms with Crippen LogP contribution >= 0.6 is 18.6 Å². The van der Waals surface area contributed by atoms with Crippen molar-refractivity contribution in [3.05, 3.63) is 72.8 Å². The molecular weight excluding hydrogens is 495 g/mol. The van der Waals surface area contributed by atoms with Crippen molar-refractivity contribution in [2.75, 3.05) is 0 Å². The Balaban J connectivity index is 0.000000420. The van der Waals surface area contributed by atoms with E-state index in [0.717, 1.165) is 21.5 Å². The first-order chi connectivity index (χ1) is 15.6. The number of benzene rings is 4. The number of hydrogen-bond acceptors (Lipinski definition) is 4. The summed E-state index contributed by atoms with van der Waals surface area (Å²) in [5.41, 5.74) is 1.35. The minimum absolute atomic E-state index is 0.167. The third kappa shape index (κ3) is 9.54. The van der Waals surface area contributed by atoms with Gasteiger partial charge in [0.1, 0.15) is 11.5 Å². The van der Waals surface area contributed by atoms with Crippen LogP contribution in [0, 0.1) is 0 Å². The number of phenols is 2. The Bertz CT molecular complexity index is 1040. The molecule has 0 amide bonds. The van der Waals surface area contributed by atoms with E-state index < -0.39 is 17.0 Å². The predicted molar refractivity (Wildman–Crippen MR) is 137 cm³/mol. The van der Waals surface area contributed by atoms with Gasteiger partial charge in [-0.1, -0.05) is 60.7 Å². The van der Waals surface area contributed by atoms with E-state index in [1.54, 1.807) is 39.8 Å². The van der Waals surface area contributed by atoms with Gasteiger partial charge in [0.05, 0.1) is 0 Å². The van der Waals surface area contributed by atoms with Crippen LogP contribution in [0.5, 0.6) is 11.5 Å². The Hall–Kier alpha value is -1.79. The summed E-state index contributed by atoms with van der Waals surface area (Å²) in [5, 5.41) is 40.9. The van der Waals surface area contributed by atoms with Gasteiger partial charge in [-0.05, 0) is 61.4 Å². The zero-order valence-corrected chi connectivity index (χ0v) is 22.2. The first kappa shape index (κ1) is 29.2. The number of aliphatic hydroxyl groups excluding tert-OH is 2. The normalized spacial score (nSPS) is 10.0. The van der Waals surface area contributed by atoms with Gasteiger partial charge >= 0.3 is 35.6 Å². The molecule has 0 bridgehead atoms. The standard InChI is InChI=1S/C20H14O2.2C3H8O.2ClH.Ti/c21-17-11-9-13-5-1-3-7-15(13)19(17)20-16-8-4-2-6-14(16)10-12-18(20)22;2*1-3(2)4;;;/h1-12,21-22H;2*3-4H,1-2H3;2*1H;/q;;;;;+2/p-2. The van der Waals surface area contributed by atoms with Crippen LogP contribution in [0.15, 0.2) is 72.8 Å². The van der Waals surface area contributed by atoms with Crippen molar-refractivity contribution < 1.29 is 37.5 Å². The minimum atomic E-state index is -0.556. The summed E-state index contributed by atoms with van der Waals surface area (Å²) < 4.78 is 0. The van der Waals surface area contributed by atoms with Crippen molar-refractivity contribution >= 4 is 40.2 Å². The summed E-state index contributed by atoms with van der Waals surface area (Å²) in [5.74, 6) is 0.343. The van der Waals surface area contributed by atoms with E-state index in [1.165, 1.54) is 0 Å². The molecular formula is C26H30Cl2O4Ti. The zero-order valence-electron chi connectivity index (χ0n) is 19.1. The van der Waals surface area contributed by atoms with E-state index in [2.05, 4.69) is 0 Å². The molecule has 7 heteroatoms. The molecule has 0 spiro atoms. The summed E-state index contributed by atoms with van der Waals surface area (Å²) in [6.07, 6.45) is -0.333. The van der Waals surface area contributed by atoms with Gasteiger partial charge in [0.2, 0.25) is 0 Å². The fourth-order valence-electron chi connectivity index (χ4n) is 3.05. The fourth-order valence-corrected chi connectivity index (χ4v) is 3.05. The summed E-state index contributed by atoms with van der Waals surface area (Å²) in [7, 11) is 9.78. The van der Waals surface area contributed by atoms with Gasteiger partial charge < -0.3 is 20.4 Å². The number of rotatable bonds is 1. The van der Waals surface area contributed by atoms with E-state index >= 15 is 0 Å². The molecule has 0 radical (unpaired) electrons. The van der Waals surface area contributed by atoms with Gasteiger partial charge in [-0.3, -0.25) is 0 Å². The number of halogens is 2. The molecule has 4 nitrogen and oxygen atoms in total. The van der Waals surface area contributed by atoms with Crippen LogP contribution in [-0.2, 0) is 17.0 Å². The van der Waals surface area contributed by atoms with Gasteiger partial charge in [0.15, 0.2) is 0 Å². The second-order valence-electron chi connectivity index (χ2n) is 7.62. The molecule has 4 N–H and O–H groups in total. The molecule has 0 saturated carbocycles. The SMILES string of the molecule is CC(C)O.CC(C)O.Oc1ccc2ccccc2c1-c1c(O)ccc2ccccc12.[Cl][Ti][Cl]. The van der Waals surface area contributed by atoms with Crippen LogP contribution in [0.25, 0.3) is 32.7 Å². The van der Waals surface area contributed by atoms with E-state index in [0.29, 0.717) is 11.1 Å². The third-order valence-corrected chi connectivity index (χ3v) is 4.06. The molecule has 176 valence electrons. The quantitative estimate of drug-likeness (QED) is 0.198. The summed E-state index contributed by atoms with van der Waals surface area (Å²) >= 11 is -0.556. The molecule has 0 aromatic heterocycles. The van der Waals surface area contributed by atoms with Crippen molar-refractivity contribution in [2.24, 2.45) is 0 Å². The second-order valence-corrected chi connectivity index (χ2v) is 10.2. The number of aromatic hydroxyl groups is 2. The van der Waals surface area contributed by atoms with Crippen LogP contribution in [0.4, 0.5) is 0 Å². The van der Waals surface area contributed by atoms with E-state index in [1.807, 2.05) is 60.7 Å². The third-order valence-electron chi connectivity index (χ3n) is 4.06. The second kappa shape index (κ2) is 15.2. The van der Waals surface area contributed by atoms with Gasteiger partial charge in [0.25, 0.3) is 0 Å². The molecule has 0 aliphatic heterocycles. The van der Waals surface area contributed by atoms with Crippen LogP contribution in [0.2, 0.25) is 0 Å². The van der Waals surface area contributed by atoms with Crippen LogP contribution in [0.3, 0.4) is 0 Å². The zero-order chi connectivity index (χ0) is 25.0. The number of aliphatic hydroxyl groups is 2.